The summed E-state index contributed by atoms with van der Waals surface area (Å²) in [6.07, 6.45) is 0.720. The van der Waals surface area contributed by atoms with Gasteiger partial charge in [-0.25, -0.2) is 4.79 Å². The van der Waals surface area contributed by atoms with Crippen molar-refractivity contribution in [3.05, 3.63) is 12.7 Å². The molecule has 0 radical (unpaired) electrons. The van der Waals surface area contributed by atoms with Gasteiger partial charge in [0.05, 0.1) is 0 Å². The Kier molecular flexibility index (Phi) is 6.93. The largest absolute Gasteiger partial charge is 0.442 e. The summed E-state index contributed by atoms with van der Waals surface area (Å²) in [5.41, 5.74) is -2.70. The van der Waals surface area contributed by atoms with Crippen LogP contribution in [0.15, 0.2) is 12.7 Å². The molecule has 0 rings (SSSR count). The summed E-state index contributed by atoms with van der Waals surface area (Å²) < 4.78 is -2.92. The molecule has 0 unspecified atom stereocenters. The second kappa shape index (κ2) is 6.29. The van der Waals surface area contributed by atoms with Crippen molar-refractivity contribution in [1.82, 2.24) is 0 Å². The van der Waals surface area contributed by atoms with Crippen molar-refractivity contribution in [2.24, 2.45) is 0 Å². The molecule has 0 heterocycles. The molecule has 2 nitrogen and oxygen atoms in total. The highest BCUT2D eigenvalue weighted by Crippen LogP contribution is 2.63. The van der Waals surface area contributed by atoms with Gasteiger partial charge in [-0.15, -0.1) is 0 Å². The lowest BCUT2D eigenvalue weighted by Crippen LogP contribution is -2.64. The molecule has 0 bridgehead atoms. The average Bonchev–Trinajstić information content (AvgIpc) is 2.07. The number of alkyl halides is 9. The zero-order chi connectivity index (χ0) is 15.0. The van der Waals surface area contributed by atoms with E-state index in [1.54, 1.807) is 0 Å². The maximum Gasteiger partial charge on any atom is 0.331 e. The van der Waals surface area contributed by atoms with Crippen LogP contribution in [0.5, 0.6) is 0 Å². The van der Waals surface area contributed by atoms with Gasteiger partial charge in [-0.2, -0.15) is 0 Å². The van der Waals surface area contributed by atoms with Gasteiger partial charge in [-0.1, -0.05) is 111 Å². The van der Waals surface area contributed by atoms with Crippen LogP contribution < -0.4 is 0 Å². The second-order valence-corrected chi connectivity index (χ2v) is 9.64. The Morgan fingerprint density at radius 3 is 1.28 bits per heavy atom. The van der Waals surface area contributed by atoms with Crippen molar-refractivity contribution in [3.63, 3.8) is 0 Å². The van der Waals surface area contributed by atoms with E-state index < -0.39 is 22.9 Å². The summed E-state index contributed by atoms with van der Waals surface area (Å²) in [5, 5.41) is 0. The molecule has 0 aliphatic heterocycles. The number of hydrogen-bond acceptors (Lipinski definition) is 2. The Balaban J connectivity index is 6.08. The van der Waals surface area contributed by atoms with Crippen LogP contribution in [0.1, 0.15) is 0 Å². The minimum absolute atomic E-state index is 0.720. The van der Waals surface area contributed by atoms with Gasteiger partial charge in [0.2, 0.25) is 11.4 Å². The fourth-order valence-electron chi connectivity index (χ4n) is 0.848. The maximum atomic E-state index is 11.3. The topological polar surface area (TPSA) is 26.3 Å². The fraction of sp³-hybridized carbons (Fsp3) is 0.571. The lowest BCUT2D eigenvalue weighted by Gasteiger charge is -2.46. The first-order chi connectivity index (χ1) is 7.70. The SMILES string of the molecule is C=CC(=O)OC(C(Cl)(Cl)Cl)(C(Cl)(Cl)Cl)C(Cl)(Cl)Cl. The molecule has 0 fully saturated rings. The molecule has 0 amide bonds. The van der Waals surface area contributed by atoms with E-state index in [0.717, 1.165) is 6.08 Å². The van der Waals surface area contributed by atoms with E-state index >= 15 is 0 Å². The van der Waals surface area contributed by atoms with Crippen molar-refractivity contribution in [2.45, 2.75) is 17.0 Å². The normalized spacial score (nSPS) is 14.3. The van der Waals surface area contributed by atoms with Crippen molar-refractivity contribution < 1.29 is 9.53 Å². The smallest absolute Gasteiger partial charge is 0.331 e. The van der Waals surface area contributed by atoms with E-state index in [1.807, 2.05) is 0 Å². The van der Waals surface area contributed by atoms with Gasteiger partial charge in [0, 0.05) is 6.08 Å². The predicted molar refractivity (Wildman–Crippen MR) is 79.9 cm³/mol. The number of carbonyl (C=O) groups excluding carboxylic acids is 1. The molecule has 0 saturated carbocycles. The fourth-order valence-corrected chi connectivity index (χ4v) is 5.05. The van der Waals surface area contributed by atoms with Crippen molar-refractivity contribution in [1.29, 1.82) is 0 Å². The summed E-state index contributed by atoms with van der Waals surface area (Å²) >= 11 is 50.8. The van der Waals surface area contributed by atoms with E-state index in [9.17, 15) is 4.79 Å². The Labute approximate surface area is 148 Å². The highest BCUT2D eigenvalue weighted by Gasteiger charge is 2.74. The third-order valence-electron chi connectivity index (χ3n) is 1.62. The highest BCUT2D eigenvalue weighted by molar-refractivity contribution is 6.78. The van der Waals surface area contributed by atoms with Gasteiger partial charge < -0.3 is 4.74 Å². The maximum absolute atomic E-state index is 11.3. The summed E-state index contributed by atoms with van der Waals surface area (Å²) in [6, 6.07) is 0. The van der Waals surface area contributed by atoms with Crippen LogP contribution in [0, 0.1) is 0 Å². The minimum Gasteiger partial charge on any atom is -0.442 e. The van der Waals surface area contributed by atoms with Gasteiger partial charge in [0.1, 0.15) is 0 Å². The average molecular weight is 438 g/mol. The predicted octanol–water partition coefficient (Wildman–Crippen LogP) is 5.56. The molecule has 11 heteroatoms. The minimum atomic E-state index is -2.70. The molecule has 106 valence electrons. The Morgan fingerprint density at radius 1 is 0.833 bits per heavy atom. The van der Waals surface area contributed by atoms with Crippen molar-refractivity contribution >= 4 is 110 Å². The molecular formula is C7H3Cl9O2. The van der Waals surface area contributed by atoms with Gasteiger partial charge in [-0.05, 0) is 0 Å². The number of esters is 1. The molecule has 0 aromatic rings. The molecule has 0 aliphatic rings. The molecular weight excluding hydrogens is 435 g/mol. The summed E-state index contributed by atoms with van der Waals surface area (Å²) in [4.78, 5) is 11.3. The van der Waals surface area contributed by atoms with Crippen LogP contribution in [0.25, 0.3) is 0 Å². The zero-order valence-electron chi connectivity index (χ0n) is 8.00. The van der Waals surface area contributed by atoms with E-state index in [1.165, 1.54) is 0 Å². The molecule has 0 N–H and O–H groups in total. The Bertz CT molecular complexity index is 298. The molecule has 0 aliphatic carbocycles. The number of carbonyl (C=O) groups is 1. The third-order valence-corrected chi connectivity index (χ3v) is 4.01. The Hall–Kier alpha value is 1.82. The number of halogens is 9. The van der Waals surface area contributed by atoms with Crippen LogP contribution in [0.2, 0.25) is 0 Å². The summed E-state index contributed by atoms with van der Waals surface area (Å²) in [6.45, 7) is 3.13. The molecule has 0 spiro atoms. The van der Waals surface area contributed by atoms with E-state index in [4.69, 9.17) is 109 Å². The lowest BCUT2D eigenvalue weighted by atomic mass is 10.1. The van der Waals surface area contributed by atoms with E-state index in [-0.39, 0.29) is 0 Å². The van der Waals surface area contributed by atoms with Crippen LogP contribution >= 0.6 is 104 Å². The van der Waals surface area contributed by atoms with Crippen LogP contribution in [-0.2, 0) is 9.53 Å². The second-order valence-electron chi connectivity index (χ2n) is 2.80. The van der Waals surface area contributed by atoms with Crippen LogP contribution in [0.3, 0.4) is 0 Å². The number of hydrogen-bond donors (Lipinski definition) is 0. The van der Waals surface area contributed by atoms with Gasteiger partial charge in [-0.3, -0.25) is 0 Å². The molecule has 0 atom stereocenters. The summed E-state index contributed by atoms with van der Waals surface area (Å²) in [5.74, 6) is -1.11. The van der Waals surface area contributed by atoms with E-state index in [2.05, 4.69) is 6.58 Å². The first kappa shape index (κ1) is 19.8. The monoisotopic (exact) mass is 434 g/mol. The lowest BCUT2D eigenvalue weighted by molar-refractivity contribution is -0.152. The zero-order valence-corrected chi connectivity index (χ0v) is 14.8. The van der Waals surface area contributed by atoms with Crippen molar-refractivity contribution in [2.75, 3.05) is 0 Å². The quantitative estimate of drug-likeness (QED) is 0.321. The van der Waals surface area contributed by atoms with Gasteiger partial charge in [0.15, 0.2) is 0 Å². The van der Waals surface area contributed by atoms with Crippen molar-refractivity contribution in [3.8, 4) is 0 Å². The van der Waals surface area contributed by atoms with Crippen LogP contribution in [0.4, 0.5) is 0 Å². The number of rotatable bonds is 2. The number of ether oxygens (including phenoxy) is 1. The highest BCUT2D eigenvalue weighted by atomic mass is 35.6. The molecule has 0 aromatic heterocycles. The van der Waals surface area contributed by atoms with Crippen LogP contribution in [-0.4, -0.2) is 22.9 Å². The van der Waals surface area contributed by atoms with E-state index in [0.29, 0.717) is 0 Å². The van der Waals surface area contributed by atoms with Gasteiger partial charge in [0.25, 0.3) is 5.60 Å². The standard InChI is InChI=1S/C7H3Cl9O2/c1-2-3(17)18-4(5(8,9)10,6(11,12)13)7(14,15)16/h2H,1H2. The first-order valence-electron chi connectivity index (χ1n) is 3.76. The summed E-state index contributed by atoms with van der Waals surface area (Å²) in [7, 11) is 0. The first-order valence-corrected chi connectivity index (χ1v) is 7.16. The third kappa shape index (κ3) is 3.93. The Morgan fingerprint density at radius 2 is 1.11 bits per heavy atom. The van der Waals surface area contributed by atoms with Gasteiger partial charge >= 0.3 is 5.97 Å². The molecule has 0 aromatic carbocycles. The molecule has 0 saturated heterocycles. The molecule has 18 heavy (non-hydrogen) atoms.